The number of fused-ring (bicyclic) bond motifs is 1. The van der Waals surface area contributed by atoms with Crippen molar-refractivity contribution >= 4 is 27.5 Å². The van der Waals surface area contributed by atoms with Crippen LogP contribution in [0.25, 0.3) is 0 Å². The third-order valence-corrected chi connectivity index (χ3v) is 5.66. The van der Waals surface area contributed by atoms with Gasteiger partial charge in [0.05, 0.1) is 0 Å². The highest BCUT2D eigenvalue weighted by atomic mass is 79.9. The Hall–Kier alpha value is -0.830. The van der Waals surface area contributed by atoms with E-state index < -0.39 is 0 Å². The van der Waals surface area contributed by atoms with Crippen LogP contribution in [0.4, 0.5) is 5.69 Å². The van der Waals surface area contributed by atoms with Gasteiger partial charge in [-0.2, -0.15) is 0 Å². The fourth-order valence-corrected chi connectivity index (χ4v) is 4.10. The quantitative estimate of drug-likeness (QED) is 0.793. The zero-order chi connectivity index (χ0) is 13.2. The Bertz CT molecular complexity index is 480. The van der Waals surface area contributed by atoms with Gasteiger partial charge in [0.15, 0.2) is 0 Å². The van der Waals surface area contributed by atoms with Crippen LogP contribution in [-0.4, -0.2) is 5.91 Å². The minimum absolute atomic E-state index is 0.151. The number of nitrogens with one attached hydrogen (secondary N) is 1. The average molecular weight is 322 g/mol. The van der Waals surface area contributed by atoms with Gasteiger partial charge in [-0.3, -0.25) is 4.79 Å². The number of hydrogen-bond acceptors (Lipinski definition) is 1. The molecule has 0 spiro atoms. The van der Waals surface area contributed by atoms with Gasteiger partial charge in [0.25, 0.3) is 0 Å². The number of amides is 1. The van der Waals surface area contributed by atoms with E-state index in [-0.39, 0.29) is 5.91 Å². The normalized spacial score (nSPS) is 21.6. The zero-order valence-electron chi connectivity index (χ0n) is 11.1. The topological polar surface area (TPSA) is 29.1 Å². The minimum atomic E-state index is 0.151. The minimum Gasteiger partial charge on any atom is -0.326 e. The van der Waals surface area contributed by atoms with E-state index in [4.69, 9.17) is 0 Å². The highest BCUT2D eigenvalue weighted by molar-refractivity contribution is 9.09. The summed E-state index contributed by atoms with van der Waals surface area (Å²) in [5.74, 6) is 0.927. The molecule has 1 aromatic rings. The van der Waals surface area contributed by atoms with Gasteiger partial charge < -0.3 is 5.32 Å². The molecule has 1 fully saturated rings. The third-order valence-electron chi connectivity index (χ3n) is 4.39. The van der Waals surface area contributed by atoms with Crippen molar-refractivity contribution in [2.45, 2.75) is 49.8 Å². The fraction of sp³-hybridized carbons (Fsp3) is 0.562. The molecule has 1 N–H and O–H groups in total. The second kappa shape index (κ2) is 5.66. The maximum atomic E-state index is 11.6. The number of benzene rings is 1. The number of rotatable bonds is 2. The first-order valence-corrected chi connectivity index (χ1v) is 8.22. The fourth-order valence-electron chi connectivity index (χ4n) is 3.29. The molecule has 102 valence electrons. The number of aryl methyl sites for hydroxylation is 1. The molecule has 0 aromatic heterocycles. The number of carbonyl (C=O) groups excluding carboxylic acids is 1. The van der Waals surface area contributed by atoms with Crippen molar-refractivity contribution < 1.29 is 4.79 Å². The van der Waals surface area contributed by atoms with Gasteiger partial charge in [-0.25, -0.2) is 0 Å². The highest BCUT2D eigenvalue weighted by Crippen LogP contribution is 2.42. The van der Waals surface area contributed by atoms with Crippen LogP contribution >= 0.6 is 15.9 Å². The van der Waals surface area contributed by atoms with Crippen LogP contribution in [-0.2, 0) is 11.2 Å². The van der Waals surface area contributed by atoms with E-state index in [1.165, 1.54) is 36.8 Å². The Morgan fingerprint density at radius 1 is 1.16 bits per heavy atom. The van der Waals surface area contributed by atoms with Crippen LogP contribution in [0, 0.1) is 5.92 Å². The Morgan fingerprint density at radius 2 is 1.95 bits per heavy atom. The zero-order valence-corrected chi connectivity index (χ0v) is 12.7. The molecular formula is C16H20BrNO. The van der Waals surface area contributed by atoms with Gasteiger partial charge >= 0.3 is 0 Å². The number of anilines is 1. The lowest BCUT2D eigenvalue weighted by molar-refractivity contribution is -0.116. The summed E-state index contributed by atoms with van der Waals surface area (Å²) in [6.45, 7) is 0. The SMILES string of the molecule is O=C1CCCc2cc(C(Br)C3CCCC3)ccc2N1. The molecule has 1 aliphatic carbocycles. The molecule has 0 saturated heterocycles. The van der Waals surface area contributed by atoms with E-state index >= 15 is 0 Å². The summed E-state index contributed by atoms with van der Waals surface area (Å²) in [5, 5.41) is 3.00. The summed E-state index contributed by atoms with van der Waals surface area (Å²) in [7, 11) is 0. The molecule has 1 atom stereocenters. The summed E-state index contributed by atoms with van der Waals surface area (Å²) >= 11 is 3.88. The molecule has 0 bridgehead atoms. The Kier molecular flexibility index (Phi) is 3.92. The molecule has 1 heterocycles. The summed E-state index contributed by atoms with van der Waals surface area (Å²) in [5.41, 5.74) is 3.69. The van der Waals surface area contributed by atoms with Gasteiger partial charge in [0.2, 0.25) is 5.91 Å². The van der Waals surface area contributed by atoms with Crippen molar-refractivity contribution in [3.05, 3.63) is 29.3 Å². The van der Waals surface area contributed by atoms with E-state index in [0.29, 0.717) is 11.2 Å². The standard InChI is InChI=1S/C16H20BrNO/c17-16(11-4-1-2-5-11)13-8-9-14-12(10-13)6-3-7-15(19)18-14/h8-11,16H,1-7H2,(H,18,19). The summed E-state index contributed by atoms with van der Waals surface area (Å²) in [6.07, 6.45) is 8.02. The van der Waals surface area contributed by atoms with Crippen LogP contribution in [0.1, 0.15) is 54.5 Å². The smallest absolute Gasteiger partial charge is 0.224 e. The monoisotopic (exact) mass is 321 g/mol. The first-order chi connectivity index (χ1) is 9.24. The van der Waals surface area contributed by atoms with Crippen molar-refractivity contribution in [1.82, 2.24) is 0 Å². The molecule has 2 nitrogen and oxygen atoms in total. The van der Waals surface area contributed by atoms with E-state index in [1.807, 2.05) is 0 Å². The van der Waals surface area contributed by atoms with E-state index in [0.717, 1.165) is 24.4 Å². The number of alkyl halides is 1. The van der Waals surface area contributed by atoms with Crippen molar-refractivity contribution in [3.63, 3.8) is 0 Å². The summed E-state index contributed by atoms with van der Waals surface area (Å²) in [4.78, 5) is 12.0. The molecule has 1 aromatic carbocycles. The molecular weight excluding hydrogens is 302 g/mol. The molecule has 1 amide bonds. The highest BCUT2D eigenvalue weighted by Gasteiger charge is 2.25. The molecule has 1 unspecified atom stereocenters. The third kappa shape index (κ3) is 2.86. The van der Waals surface area contributed by atoms with Crippen LogP contribution < -0.4 is 5.32 Å². The predicted molar refractivity (Wildman–Crippen MR) is 81.6 cm³/mol. The van der Waals surface area contributed by atoms with E-state index in [2.05, 4.69) is 39.4 Å². The van der Waals surface area contributed by atoms with Crippen molar-refractivity contribution in [1.29, 1.82) is 0 Å². The lowest BCUT2D eigenvalue weighted by atomic mass is 9.95. The molecule has 1 saturated carbocycles. The molecule has 2 aliphatic rings. The first-order valence-electron chi connectivity index (χ1n) is 7.31. The summed E-state index contributed by atoms with van der Waals surface area (Å²) in [6, 6.07) is 6.54. The second-order valence-corrected chi connectivity index (χ2v) is 6.75. The number of hydrogen-bond donors (Lipinski definition) is 1. The van der Waals surface area contributed by atoms with Crippen LogP contribution in [0.15, 0.2) is 18.2 Å². The van der Waals surface area contributed by atoms with Gasteiger partial charge in [0, 0.05) is 16.9 Å². The van der Waals surface area contributed by atoms with Crippen molar-refractivity contribution in [2.75, 3.05) is 5.32 Å². The predicted octanol–water partition coefficient (Wildman–Crippen LogP) is 4.59. The Morgan fingerprint density at radius 3 is 2.74 bits per heavy atom. The lowest BCUT2D eigenvalue weighted by Crippen LogP contribution is -2.09. The maximum absolute atomic E-state index is 11.6. The van der Waals surface area contributed by atoms with E-state index in [1.54, 1.807) is 0 Å². The average Bonchev–Trinajstić information content (AvgIpc) is 2.87. The van der Waals surface area contributed by atoms with Gasteiger partial charge in [-0.15, -0.1) is 0 Å². The maximum Gasteiger partial charge on any atom is 0.224 e. The largest absolute Gasteiger partial charge is 0.326 e. The first kappa shape index (κ1) is 13.2. The molecule has 1 aliphatic heterocycles. The van der Waals surface area contributed by atoms with Crippen molar-refractivity contribution in [2.24, 2.45) is 5.92 Å². The van der Waals surface area contributed by atoms with Crippen LogP contribution in [0.5, 0.6) is 0 Å². The number of halogens is 1. The van der Waals surface area contributed by atoms with Gasteiger partial charge in [0.1, 0.15) is 0 Å². The van der Waals surface area contributed by atoms with Gasteiger partial charge in [-0.05, 0) is 48.8 Å². The molecule has 19 heavy (non-hydrogen) atoms. The van der Waals surface area contributed by atoms with Crippen molar-refractivity contribution in [3.8, 4) is 0 Å². The Labute approximate surface area is 123 Å². The number of carbonyl (C=O) groups is 1. The van der Waals surface area contributed by atoms with Crippen LogP contribution in [0.3, 0.4) is 0 Å². The second-order valence-electron chi connectivity index (χ2n) is 5.76. The lowest BCUT2D eigenvalue weighted by Gasteiger charge is -2.19. The summed E-state index contributed by atoms with van der Waals surface area (Å²) < 4.78 is 0. The van der Waals surface area contributed by atoms with Gasteiger partial charge in [-0.1, -0.05) is 40.9 Å². The molecule has 3 rings (SSSR count). The molecule has 0 radical (unpaired) electrons. The molecule has 3 heteroatoms. The Balaban J connectivity index is 1.84. The van der Waals surface area contributed by atoms with Crippen LogP contribution in [0.2, 0.25) is 0 Å². The van der Waals surface area contributed by atoms with E-state index in [9.17, 15) is 4.79 Å².